The first-order valence-electron chi connectivity index (χ1n) is 12.5. The Labute approximate surface area is 214 Å². The minimum Gasteiger partial charge on any atom is -0.452 e. The number of carbonyl (C=O) groups is 2. The number of hydrogen-bond donors (Lipinski definition) is 1. The fraction of sp³-hybridized carbons (Fsp3) is 0.321. The summed E-state index contributed by atoms with van der Waals surface area (Å²) in [4.78, 5) is 47.6. The highest BCUT2D eigenvalue weighted by Gasteiger charge is 2.22. The third-order valence-electron chi connectivity index (χ3n) is 6.69. The molecule has 1 aliphatic rings. The molecule has 0 saturated heterocycles. The van der Waals surface area contributed by atoms with Gasteiger partial charge in [-0.05, 0) is 36.6 Å². The van der Waals surface area contributed by atoms with Crippen molar-refractivity contribution in [2.24, 2.45) is 7.05 Å². The molecule has 0 bridgehead atoms. The normalized spacial score (nSPS) is 14.3. The van der Waals surface area contributed by atoms with Crippen LogP contribution in [0.15, 0.2) is 65.7 Å². The molecule has 1 aliphatic heterocycles. The van der Waals surface area contributed by atoms with Crippen LogP contribution < -0.4 is 10.9 Å². The zero-order valence-electron chi connectivity index (χ0n) is 20.7. The van der Waals surface area contributed by atoms with Crippen LogP contribution >= 0.6 is 0 Å². The van der Waals surface area contributed by atoms with Gasteiger partial charge in [0.15, 0.2) is 6.61 Å². The number of nitrogens with zero attached hydrogens (tertiary/aromatic N) is 4. The maximum Gasteiger partial charge on any atom is 0.338 e. The molecule has 1 amide bonds. The second-order valence-electron chi connectivity index (χ2n) is 9.26. The van der Waals surface area contributed by atoms with Crippen LogP contribution in [0.4, 0.5) is 0 Å². The summed E-state index contributed by atoms with van der Waals surface area (Å²) in [5.41, 5.74) is 1.49. The zero-order chi connectivity index (χ0) is 25.8. The number of aromatic nitrogens is 4. The summed E-state index contributed by atoms with van der Waals surface area (Å²) in [6, 6.07) is 13.7. The summed E-state index contributed by atoms with van der Waals surface area (Å²) in [6.07, 6.45) is 8.37. The average molecular weight is 500 g/mol. The Morgan fingerprint density at radius 3 is 2.68 bits per heavy atom. The number of esters is 1. The third kappa shape index (κ3) is 5.30. The summed E-state index contributed by atoms with van der Waals surface area (Å²) >= 11 is 0. The molecule has 0 radical (unpaired) electrons. The number of imidazole rings is 1. The van der Waals surface area contributed by atoms with Gasteiger partial charge in [0, 0.05) is 32.4 Å². The van der Waals surface area contributed by atoms with E-state index in [4.69, 9.17) is 9.72 Å². The molecule has 5 rings (SSSR count). The van der Waals surface area contributed by atoms with Gasteiger partial charge in [0.25, 0.3) is 11.5 Å². The first-order chi connectivity index (χ1) is 18.0. The molecular formula is C28H29N5O4. The number of amides is 1. The molecule has 0 spiro atoms. The van der Waals surface area contributed by atoms with Crippen molar-refractivity contribution in [3.8, 4) is 0 Å². The quantitative estimate of drug-likeness (QED) is 0.408. The van der Waals surface area contributed by atoms with E-state index in [0.717, 1.165) is 43.5 Å². The highest BCUT2D eigenvalue weighted by Crippen LogP contribution is 2.20. The SMILES string of the molecule is Cn1ccnc1[C@@H](NC(=O)COC(=O)c1ccc2c(=O)n3c(nc2c1)CCCCCC3)c1ccccc1. The van der Waals surface area contributed by atoms with Crippen LogP contribution in [0.1, 0.15) is 59.3 Å². The van der Waals surface area contributed by atoms with Gasteiger partial charge in [0.2, 0.25) is 0 Å². The van der Waals surface area contributed by atoms with Gasteiger partial charge in [0.05, 0.1) is 16.5 Å². The second kappa shape index (κ2) is 10.8. The van der Waals surface area contributed by atoms with Gasteiger partial charge in [-0.25, -0.2) is 14.8 Å². The molecule has 9 nitrogen and oxygen atoms in total. The fourth-order valence-electron chi connectivity index (χ4n) is 4.74. The number of ether oxygens (including phenoxy) is 1. The van der Waals surface area contributed by atoms with Gasteiger partial charge in [-0.15, -0.1) is 0 Å². The van der Waals surface area contributed by atoms with Crippen LogP contribution in [0.5, 0.6) is 0 Å². The number of carbonyl (C=O) groups excluding carboxylic acids is 2. The van der Waals surface area contributed by atoms with E-state index in [1.54, 1.807) is 35.2 Å². The molecule has 2 aromatic carbocycles. The standard InChI is InChI=1S/C28H29N5O4/c1-32-16-14-29-26(32)25(19-9-5-4-6-10-19)31-24(34)18-37-28(36)20-12-13-21-22(17-20)30-23-11-7-2-3-8-15-33(23)27(21)35/h4-6,9-10,12-14,16-17,25H,2-3,7-8,11,15,18H2,1H3,(H,31,34)/t25-/m0/s1. The zero-order valence-corrected chi connectivity index (χ0v) is 20.7. The summed E-state index contributed by atoms with van der Waals surface area (Å²) in [5, 5.41) is 3.38. The van der Waals surface area contributed by atoms with Crippen molar-refractivity contribution < 1.29 is 14.3 Å². The van der Waals surface area contributed by atoms with Crippen molar-refractivity contribution in [3.63, 3.8) is 0 Å². The summed E-state index contributed by atoms with van der Waals surface area (Å²) in [7, 11) is 1.85. The van der Waals surface area contributed by atoms with Gasteiger partial charge in [-0.3, -0.25) is 14.2 Å². The van der Waals surface area contributed by atoms with E-state index in [1.165, 1.54) is 0 Å². The van der Waals surface area contributed by atoms with Crippen molar-refractivity contribution in [1.82, 2.24) is 24.4 Å². The lowest BCUT2D eigenvalue weighted by Crippen LogP contribution is -2.34. The van der Waals surface area contributed by atoms with E-state index in [2.05, 4.69) is 10.3 Å². The molecule has 190 valence electrons. The first-order valence-corrected chi connectivity index (χ1v) is 12.5. The highest BCUT2D eigenvalue weighted by atomic mass is 16.5. The van der Waals surface area contributed by atoms with E-state index < -0.39 is 24.5 Å². The van der Waals surface area contributed by atoms with Gasteiger partial charge >= 0.3 is 5.97 Å². The summed E-state index contributed by atoms with van der Waals surface area (Å²) in [5.74, 6) is 0.304. The number of nitrogens with one attached hydrogen (secondary N) is 1. The van der Waals surface area contributed by atoms with Crippen molar-refractivity contribution in [2.45, 2.75) is 44.7 Å². The Morgan fingerprint density at radius 2 is 1.89 bits per heavy atom. The van der Waals surface area contributed by atoms with Crippen molar-refractivity contribution in [3.05, 3.63) is 94.1 Å². The van der Waals surface area contributed by atoms with Crippen LogP contribution in [0.25, 0.3) is 10.9 Å². The molecular weight excluding hydrogens is 470 g/mol. The number of hydrogen-bond acceptors (Lipinski definition) is 6. The monoisotopic (exact) mass is 499 g/mol. The smallest absolute Gasteiger partial charge is 0.338 e. The van der Waals surface area contributed by atoms with E-state index in [-0.39, 0.29) is 11.1 Å². The summed E-state index contributed by atoms with van der Waals surface area (Å²) in [6.45, 7) is 0.211. The van der Waals surface area contributed by atoms with Gasteiger partial charge in [-0.2, -0.15) is 0 Å². The summed E-state index contributed by atoms with van der Waals surface area (Å²) < 4.78 is 8.90. The van der Waals surface area contributed by atoms with E-state index in [9.17, 15) is 14.4 Å². The van der Waals surface area contributed by atoms with E-state index >= 15 is 0 Å². The van der Waals surface area contributed by atoms with Crippen molar-refractivity contribution >= 4 is 22.8 Å². The Hall–Kier alpha value is -4.27. The lowest BCUT2D eigenvalue weighted by molar-refractivity contribution is -0.124. The van der Waals surface area contributed by atoms with Crippen LogP contribution in [-0.4, -0.2) is 37.6 Å². The fourth-order valence-corrected chi connectivity index (χ4v) is 4.74. The predicted molar refractivity (Wildman–Crippen MR) is 138 cm³/mol. The lowest BCUT2D eigenvalue weighted by atomic mass is 10.1. The van der Waals surface area contributed by atoms with Crippen LogP contribution in [0.2, 0.25) is 0 Å². The maximum absolute atomic E-state index is 13.0. The second-order valence-corrected chi connectivity index (χ2v) is 9.26. The van der Waals surface area contributed by atoms with Crippen molar-refractivity contribution in [1.29, 1.82) is 0 Å². The Balaban J connectivity index is 1.30. The van der Waals surface area contributed by atoms with Crippen molar-refractivity contribution in [2.75, 3.05) is 6.61 Å². The molecule has 4 aromatic rings. The Kier molecular flexibility index (Phi) is 7.11. The molecule has 1 N–H and O–H groups in total. The Bertz CT molecular complexity index is 1490. The third-order valence-corrected chi connectivity index (χ3v) is 6.69. The van der Waals surface area contributed by atoms with Gasteiger partial charge in [0.1, 0.15) is 17.7 Å². The molecule has 37 heavy (non-hydrogen) atoms. The predicted octanol–water partition coefficient (Wildman–Crippen LogP) is 3.31. The minimum absolute atomic E-state index is 0.0811. The molecule has 2 aromatic heterocycles. The largest absolute Gasteiger partial charge is 0.452 e. The molecule has 0 aliphatic carbocycles. The number of rotatable bonds is 6. The molecule has 9 heteroatoms. The number of benzene rings is 2. The minimum atomic E-state index is -0.654. The molecule has 1 atom stereocenters. The van der Waals surface area contributed by atoms with Crippen LogP contribution in [0, 0.1) is 0 Å². The van der Waals surface area contributed by atoms with Crippen LogP contribution in [-0.2, 0) is 29.5 Å². The van der Waals surface area contributed by atoms with E-state index in [1.807, 2.05) is 41.9 Å². The van der Waals surface area contributed by atoms with Gasteiger partial charge in [-0.1, -0.05) is 43.2 Å². The number of aryl methyl sites for hydroxylation is 2. The number of fused-ring (bicyclic) bond motifs is 2. The molecule has 0 unspecified atom stereocenters. The first kappa shape index (κ1) is 24.4. The highest BCUT2D eigenvalue weighted by molar-refractivity contribution is 5.95. The van der Waals surface area contributed by atoms with Crippen LogP contribution in [0.3, 0.4) is 0 Å². The Morgan fingerprint density at radius 1 is 1.08 bits per heavy atom. The van der Waals surface area contributed by atoms with E-state index in [0.29, 0.717) is 23.3 Å². The maximum atomic E-state index is 13.0. The molecule has 0 saturated carbocycles. The lowest BCUT2D eigenvalue weighted by Gasteiger charge is -2.19. The topological polar surface area (TPSA) is 108 Å². The molecule has 0 fully saturated rings. The molecule has 3 heterocycles. The average Bonchev–Trinajstić information content (AvgIpc) is 3.32. The van der Waals surface area contributed by atoms with Gasteiger partial charge < -0.3 is 14.6 Å².